The fourth-order valence-electron chi connectivity index (χ4n) is 1.29. The average Bonchev–Trinajstić information content (AvgIpc) is 2.85. The fourth-order valence-corrected chi connectivity index (χ4v) is 2.27. The maximum absolute atomic E-state index is 9.14. The van der Waals surface area contributed by atoms with Crippen LogP contribution in [-0.2, 0) is 0 Å². The van der Waals surface area contributed by atoms with Gasteiger partial charge in [0, 0.05) is 18.0 Å². The molecular weight excluding hydrogens is 240 g/mol. The number of allylic oxidation sites excluding steroid dienone is 1. The van der Waals surface area contributed by atoms with Gasteiger partial charge in [0.15, 0.2) is 0 Å². The number of hydrogen-bond acceptors (Lipinski definition) is 3. The molecule has 78 valence electrons. The van der Waals surface area contributed by atoms with Gasteiger partial charge in [-0.1, -0.05) is 11.6 Å². The van der Waals surface area contributed by atoms with Gasteiger partial charge in [0.1, 0.15) is 6.07 Å². The van der Waals surface area contributed by atoms with Gasteiger partial charge in [0.25, 0.3) is 0 Å². The van der Waals surface area contributed by atoms with Crippen LogP contribution < -0.4 is 0 Å². The van der Waals surface area contributed by atoms with Gasteiger partial charge in [0.2, 0.25) is 0 Å². The molecule has 0 N–H and O–H groups in total. The SMILES string of the molecule is N#C/C(=C(/Cl)c1ccsc1)c1ccncc1. The van der Waals surface area contributed by atoms with E-state index in [2.05, 4.69) is 11.1 Å². The summed E-state index contributed by atoms with van der Waals surface area (Å²) in [5.41, 5.74) is 2.14. The molecular formula is C12H7ClN2S. The number of hydrogen-bond donors (Lipinski definition) is 0. The Bertz CT molecular complexity index is 538. The van der Waals surface area contributed by atoms with Gasteiger partial charge in [-0.15, -0.1) is 0 Å². The van der Waals surface area contributed by atoms with Gasteiger partial charge in [-0.3, -0.25) is 4.98 Å². The normalized spacial score (nSPS) is 11.8. The Morgan fingerprint density at radius 2 is 2.00 bits per heavy atom. The largest absolute Gasteiger partial charge is 0.265 e. The fraction of sp³-hybridized carbons (Fsp3) is 0. The Morgan fingerprint density at radius 3 is 2.56 bits per heavy atom. The predicted molar refractivity (Wildman–Crippen MR) is 66.8 cm³/mol. The van der Waals surface area contributed by atoms with Crippen molar-refractivity contribution in [2.75, 3.05) is 0 Å². The number of nitrogens with zero attached hydrogens (tertiary/aromatic N) is 2. The molecule has 0 spiro atoms. The van der Waals surface area contributed by atoms with Crippen LogP contribution in [-0.4, -0.2) is 4.98 Å². The van der Waals surface area contributed by atoms with Crippen molar-refractivity contribution in [2.45, 2.75) is 0 Å². The first-order valence-corrected chi connectivity index (χ1v) is 5.88. The van der Waals surface area contributed by atoms with E-state index < -0.39 is 0 Å². The van der Waals surface area contributed by atoms with E-state index >= 15 is 0 Å². The molecule has 0 saturated heterocycles. The minimum atomic E-state index is 0.475. The lowest BCUT2D eigenvalue weighted by Gasteiger charge is -2.01. The zero-order valence-corrected chi connectivity index (χ0v) is 9.79. The molecule has 0 aliphatic carbocycles. The summed E-state index contributed by atoms with van der Waals surface area (Å²) in [5.74, 6) is 0. The van der Waals surface area contributed by atoms with E-state index in [9.17, 15) is 0 Å². The van der Waals surface area contributed by atoms with Gasteiger partial charge >= 0.3 is 0 Å². The third kappa shape index (κ3) is 2.13. The van der Waals surface area contributed by atoms with Gasteiger partial charge < -0.3 is 0 Å². The number of halogens is 1. The van der Waals surface area contributed by atoms with E-state index in [1.165, 1.54) is 0 Å². The molecule has 4 heteroatoms. The molecule has 0 atom stereocenters. The first kappa shape index (κ1) is 10.9. The molecule has 0 saturated carbocycles. The highest BCUT2D eigenvalue weighted by Crippen LogP contribution is 2.30. The van der Waals surface area contributed by atoms with E-state index in [4.69, 9.17) is 16.9 Å². The summed E-state index contributed by atoms with van der Waals surface area (Å²) in [6.07, 6.45) is 3.29. The van der Waals surface area contributed by atoms with Crippen molar-refractivity contribution in [3.05, 3.63) is 52.5 Å². The molecule has 0 aliphatic rings. The minimum Gasteiger partial charge on any atom is -0.265 e. The predicted octanol–water partition coefficient (Wildman–Crippen LogP) is 3.77. The number of thiophene rings is 1. The van der Waals surface area contributed by atoms with Crippen LogP contribution in [0.4, 0.5) is 0 Å². The minimum absolute atomic E-state index is 0.475. The number of nitriles is 1. The summed E-state index contributed by atoms with van der Waals surface area (Å²) in [4.78, 5) is 3.91. The highest BCUT2D eigenvalue weighted by Gasteiger charge is 2.09. The van der Waals surface area contributed by atoms with Crippen LogP contribution in [0.3, 0.4) is 0 Å². The Morgan fingerprint density at radius 1 is 1.25 bits per heavy atom. The summed E-state index contributed by atoms with van der Waals surface area (Å²) in [6.45, 7) is 0. The standard InChI is InChI=1S/C12H7ClN2S/c13-12(10-3-6-16-8-10)11(7-14)9-1-4-15-5-2-9/h1-6,8H/b12-11-. The lowest BCUT2D eigenvalue weighted by Crippen LogP contribution is -1.85. The van der Waals surface area contributed by atoms with E-state index in [-0.39, 0.29) is 0 Å². The van der Waals surface area contributed by atoms with E-state index in [1.807, 2.05) is 16.8 Å². The maximum atomic E-state index is 9.14. The molecule has 2 aromatic rings. The van der Waals surface area contributed by atoms with E-state index in [1.54, 1.807) is 35.9 Å². The van der Waals surface area contributed by atoms with Gasteiger partial charge in [-0.05, 0) is 34.5 Å². The molecule has 2 heterocycles. The summed E-state index contributed by atoms with van der Waals surface area (Å²) >= 11 is 7.74. The lowest BCUT2D eigenvalue weighted by atomic mass is 10.1. The summed E-state index contributed by atoms with van der Waals surface area (Å²) in [7, 11) is 0. The molecule has 0 unspecified atom stereocenters. The summed E-state index contributed by atoms with van der Waals surface area (Å²) in [5, 5.41) is 13.5. The maximum Gasteiger partial charge on any atom is 0.101 e. The topological polar surface area (TPSA) is 36.7 Å². The monoisotopic (exact) mass is 246 g/mol. The number of aromatic nitrogens is 1. The molecule has 0 fully saturated rings. The first-order valence-electron chi connectivity index (χ1n) is 4.56. The van der Waals surface area contributed by atoms with Crippen molar-refractivity contribution in [3.63, 3.8) is 0 Å². The van der Waals surface area contributed by atoms with E-state index in [0.717, 1.165) is 11.1 Å². The number of pyridine rings is 1. The molecule has 0 radical (unpaired) electrons. The van der Waals surface area contributed by atoms with Crippen molar-refractivity contribution in [1.82, 2.24) is 4.98 Å². The molecule has 0 aliphatic heterocycles. The third-order valence-corrected chi connectivity index (χ3v) is 3.17. The van der Waals surface area contributed by atoms with Crippen molar-refractivity contribution < 1.29 is 0 Å². The zero-order valence-electron chi connectivity index (χ0n) is 8.22. The van der Waals surface area contributed by atoms with Crippen LogP contribution in [0.5, 0.6) is 0 Å². The molecule has 0 amide bonds. The molecule has 0 aromatic carbocycles. The zero-order chi connectivity index (χ0) is 11.4. The smallest absolute Gasteiger partial charge is 0.101 e. The second-order valence-corrected chi connectivity index (χ2v) is 4.21. The Hall–Kier alpha value is -1.63. The van der Waals surface area contributed by atoms with Crippen LogP contribution in [0.15, 0.2) is 41.4 Å². The van der Waals surface area contributed by atoms with Crippen LogP contribution in [0.25, 0.3) is 10.6 Å². The highest BCUT2D eigenvalue weighted by atomic mass is 35.5. The summed E-state index contributed by atoms with van der Waals surface area (Å²) < 4.78 is 0. The second-order valence-electron chi connectivity index (χ2n) is 3.05. The van der Waals surface area contributed by atoms with Crippen molar-refractivity contribution >= 4 is 33.5 Å². The highest BCUT2D eigenvalue weighted by molar-refractivity contribution is 7.08. The molecule has 2 rings (SSSR count). The third-order valence-electron chi connectivity index (χ3n) is 2.07. The number of rotatable bonds is 2. The quantitative estimate of drug-likeness (QED) is 0.757. The molecule has 16 heavy (non-hydrogen) atoms. The van der Waals surface area contributed by atoms with Crippen molar-refractivity contribution in [1.29, 1.82) is 5.26 Å². The second kappa shape index (κ2) is 4.93. The van der Waals surface area contributed by atoms with Crippen LogP contribution >= 0.6 is 22.9 Å². The molecule has 2 aromatic heterocycles. The Kier molecular flexibility index (Phi) is 3.35. The Labute approximate surface area is 102 Å². The average molecular weight is 247 g/mol. The Balaban J connectivity index is 2.52. The molecule has 0 bridgehead atoms. The van der Waals surface area contributed by atoms with Gasteiger partial charge in [-0.25, -0.2) is 0 Å². The van der Waals surface area contributed by atoms with Gasteiger partial charge in [0.05, 0.1) is 10.6 Å². The van der Waals surface area contributed by atoms with Gasteiger partial charge in [-0.2, -0.15) is 16.6 Å². The van der Waals surface area contributed by atoms with E-state index in [0.29, 0.717) is 10.6 Å². The van der Waals surface area contributed by atoms with Crippen LogP contribution in [0.1, 0.15) is 11.1 Å². The van der Waals surface area contributed by atoms with Crippen LogP contribution in [0.2, 0.25) is 0 Å². The lowest BCUT2D eigenvalue weighted by molar-refractivity contribution is 1.32. The molecule has 2 nitrogen and oxygen atoms in total. The first-order chi connectivity index (χ1) is 7.83. The van der Waals surface area contributed by atoms with Crippen molar-refractivity contribution in [2.24, 2.45) is 0 Å². The van der Waals surface area contributed by atoms with Crippen molar-refractivity contribution in [3.8, 4) is 6.07 Å². The summed E-state index contributed by atoms with van der Waals surface area (Å²) in [6, 6.07) is 7.57. The van der Waals surface area contributed by atoms with Crippen LogP contribution in [0, 0.1) is 11.3 Å².